The van der Waals surface area contributed by atoms with E-state index in [2.05, 4.69) is 21.2 Å². The number of carbonyl (C=O) groups is 1. The fraction of sp³-hybridized carbons (Fsp3) is 0.148. The molecule has 0 unspecified atom stereocenters. The molecule has 9 nitrogen and oxygen atoms in total. The lowest BCUT2D eigenvalue weighted by atomic mass is 10.1. The van der Waals surface area contributed by atoms with Gasteiger partial charge in [-0.15, -0.1) is 6.42 Å². The van der Waals surface area contributed by atoms with Crippen LogP contribution in [0.2, 0.25) is 0 Å². The predicted octanol–water partition coefficient (Wildman–Crippen LogP) is 3.85. The van der Waals surface area contributed by atoms with E-state index < -0.39 is 10.7 Å². The minimum Gasteiger partial charge on any atom is -0.356 e. The van der Waals surface area contributed by atoms with Gasteiger partial charge in [0.2, 0.25) is 0 Å². The first kappa shape index (κ1) is 25.1. The van der Waals surface area contributed by atoms with Gasteiger partial charge in [-0.3, -0.25) is 19.7 Å². The molecular formula is C27H22FN5O4. The third-order valence-corrected chi connectivity index (χ3v) is 5.70. The Hall–Kier alpha value is -5.04. The lowest BCUT2D eigenvalue weighted by Gasteiger charge is -2.23. The van der Waals surface area contributed by atoms with Crippen molar-refractivity contribution in [1.29, 1.82) is 0 Å². The number of non-ortho nitro benzene ring substituents is 1. The van der Waals surface area contributed by atoms with E-state index >= 15 is 0 Å². The molecule has 0 fully saturated rings. The standard InChI is InChI=1S/C27H22FN5O4/c1-3-11-32(16-20-13-23-25(14-24(20)28)30-17(2)31-27(23)35)21-9-7-19(8-10-21)26(34)29-15-18-5-4-6-22(12-18)33(36)37/h1,4-10,12-14H,11,15-16H2,2H3,(H,29,34)(H,30,31,35). The predicted molar refractivity (Wildman–Crippen MR) is 138 cm³/mol. The first-order valence-electron chi connectivity index (χ1n) is 11.2. The number of hydrogen-bond donors (Lipinski definition) is 2. The number of carbonyl (C=O) groups excluding carboxylic acids is 1. The molecule has 4 rings (SSSR count). The van der Waals surface area contributed by atoms with E-state index in [9.17, 15) is 24.1 Å². The van der Waals surface area contributed by atoms with Crippen LogP contribution in [0.1, 0.15) is 27.3 Å². The van der Waals surface area contributed by atoms with Gasteiger partial charge < -0.3 is 15.2 Å². The number of H-pyrrole nitrogens is 1. The van der Waals surface area contributed by atoms with Gasteiger partial charge in [0.25, 0.3) is 17.2 Å². The third kappa shape index (κ3) is 5.79. The van der Waals surface area contributed by atoms with Gasteiger partial charge in [0.15, 0.2) is 0 Å². The largest absolute Gasteiger partial charge is 0.356 e. The zero-order valence-electron chi connectivity index (χ0n) is 19.8. The lowest BCUT2D eigenvalue weighted by molar-refractivity contribution is -0.384. The normalized spacial score (nSPS) is 10.6. The molecule has 1 aromatic heterocycles. The van der Waals surface area contributed by atoms with Crippen molar-refractivity contribution in [2.75, 3.05) is 11.4 Å². The van der Waals surface area contributed by atoms with Crippen LogP contribution in [0, 0.1) is 35.2 Å². The van der Waals surface area contributed by atoms with Gasteiger partial charge in [-0.1, -0.05) is 18.1 Å². The van der Waals surface area contributed by atoms with E-state index in [1.54, 1.807) is 48.2 Å². The molecule has 37 heavy (non-hydrogen) atoms. The second kappa shape index (κ2) is 10.7. The fourth-order valence-corrected chi connectivity index (χ4v) is 3.89. The van der Waals surface area contributed by atoms with Crippen molar-refractivity contribution in [2.24, 2.45) is 0 Å². The first-order chi connectivity index (χ1) is 17.7. The third-order valence-electron chi connectivity index (χ3n) is 5.70. The SMILES string of the molecule is C#CCN(Cc1cc2c(=O)[nH]c(C)nc2cc1F)c1ccc(C(=O)NCc2cccc([N+](=O)[O-])c2)cc1. The highest BCUT2D eigenvalue weighted by Gasteiger charge is 2.15. The summed E-state index contributed by atoms with van der Waals surface area (Å²) in [6.45, 7) is 2.01. The smallest absolute Gasteiger partial charge is 0.269 e. The minimum absolute atomic E-state index is 0.0523. The molecule has 0 aliphatic carbocycles. The highest BCUT2D eigenvalue weighted by molar-refractivity contribution is 5.94. The summed E-state index contributed by atoms with van der Waals surface area (Å²) in [5.41, 5.74) is 1.77. The Morgan fingerprint density at radius 1 is 1.22 bits per heavy atom. The maximum Gasteiger partial charge on any atom is 0.269 e. The Morgan fingerprint density at radius 2 is 1.97 bits per heavy atom. The molecule has 1 heterocycles. The number of amides is 1. The maximum atomic E-state index is 14.8. The zero-order valence-corrected chi connectivity index (χ0v) is 19.8. The number of anilines is 1. The van der Waals surface area contributed by atoms with Crippen molar-refractivity contribution in [2.45, 2.75) is 20.0 Å². The van der Waals surface area contributed by atoms with Gasteiger partial charge in [0.05, 0.1) is 22.4 Å². The Kier molecular flexibility index (Phi) is 7.25. The number of nitro benzene ring substituents is 1. The number of aromatic nitrogens is 2. The quantitative estimate of drug-likeness (QED) is 0.216. The summed E-state index contributed by atoms with van der Waals surface area (Å²) in [6.07, 6.45) is 5.54. The molecule has 0 saturated heterocycles. The van der Waals surface area contributed by atoms with Crippen LogP contribution in [-0.4, -0.2) is 27.3 Å². The molecule has 1 amide bonds. The van der Waals surface area contributed by atoms with E-state index in [-0.39, 0.29) is 53.3 Å². The molecule has 0 bridgehead atoms. The summed E-state index contributed by atoms with van der Waals surface area (Å²) in [5.74, 6) is 2.08. The van der Waals surface area contributed by atoms with Gasteiger partial charge in [-0.25, -0.2) is 9.37 Å². The Labute approximate surface area is 211 Å². The summed E-state index contributed by atoms with van der Waals surface area (Å²) >= 11 is 0. The average Bonchev–Trinajstić information content (AvgIpc) is 2.88. The van der Waals surface area contributed by atoms with Crippen LogP contribution >= 0.6 is 0 Å². The molecule has 4 aromatic rings. The van der Waals surface area contributed by atoms with E-state index in [1.165, 1.54) is 24.3 Å². The molecule has 186 valence electrons. The molecule has 0 radical (unpaired) electrons. The van der Waals surface area contributed by atoms with Gasteiger partial charge in [-0.05, 0) is 42.8 Å². The zero-order chi connectivity index (χ0) is 26.5. The highest BCUT2D eigenvalue weighted by atomic mass is 19.1. The number of halogens is 1. The fourth-order valence-electron chi connectivity index (χ4n) is 3.89. The number of benzene rings is 3. The summed E-state index contributed by atoms with van der Waals surface area (Å²) < 4.78 is 14.8. The summed E-state index contributed by atoms with van der Waals surface area (Å²) in [7, 11) is 0. The number of nitrogens with zero attached hydrogens (tertiary/aromatic N) is 3. The van der Waals surface area contributed by atoms with Crippen LogP contribution in [0.15, 0.2) is 65.5 Å². The summed E-state index contributed by atoms with van der Waals surface area (Å²) in [4.78, 5) is 43.8. The molecule has 0 aliphatic rings. The van der Waals surface area contributed by atoms with Gasteiger partial charge in [0.1, 0.15) is 11.6 Å². The Bertz CT molecular complexity index is 1590. The van der Waals surface area contributed by atoms with Crippen molar-refractivity contribution in [1.82, 2.24) is 15.3 Å². The molecule has 0 saturated carbocycles. The van der Waals surface area contributed by atoms with E-state index in [0.717, 1.165) is 0 Å². The number of aryl methyl sites for hydroxylation is 1. The van der Waals surface area contributed by atoms with Gasteiger partial charge in [-0.2, -0.15) is 0 Å². The van der Waals surface area contributed by atoms with Crippen LogP contribution < -0.4 is 15.8 Å². The van der Waals surface area contributed by atoms with Crippen LogP contribution in [-0.2, 0) is 13.1 Å². The van der Waals surface area contributed by atoms with Crippen LogP contribution in [0.3, 0.4) is 0 Å². The Balaban J connectivity index is 1.49. The summed E-state index contributed by atoms with van der Waals surface area (Å²) in [5, 5.41) is 13.9. The second-order valence-electron chi connectivity index (χ2n) is 8.33. The van der Waals surface area contributed by atoms with Crippen molar-refractivity contribution >= 4 is 28.2 Å². The van der Waals surface area contributed by atoms with E-state index in [4.69, 9.17) is 6.42 Å². The number of fused-ring (bicyclic) bond motifs is 1. The number of aromatic amines is 1. The monoisotopic (exact) mass is 499 g/mol. The van der Waals surface area contributed by atoms with Crippen molar-refractivity contribution in [3.63, 3.8) is 0 Å². The van der Waals surface area contributed by atoms with Gasteiger partial charge in [0, 0.05) is 48.1 Å². The van der Waals surface area contributed by atoms with E-state index in [1.807, 2.05) is 0 Å². The summed E-state index contributed by atoms with van der Waals surface area (Å²) in [6, 6.07) is 15.3. The first-order valence-corrected chi connectivity index (χ1v) is 11.2. The lowest BCUT2D eigenvalue weighted by Crippen LogP contribution is -2.25. The number of hydrogen-bond acceptors (Lipinski definition) is 6. The van der Waals surface area contributed by atoms with E-state index in [0.29, 0.717) is 22.6 Å². The van der Waals surface area contributed by atoms with Crippen LogP contribution in [0.25, 0.3) is 10.9 Å². The number of nitrogens with one attached hydrogen (secondary N) is 2. The molecule has 0 aliphatic heterocycles. The van der Waals surface area contributed by atoms with Crippen molar-refractivity contribution < 1.29 is 14.1 Å². The Morgan fingerprint density at radius 3 is 2.68 bits per heavy atom. The van der Waals surface area contributed by atoms with Gasteiger partial charge >= 0.3 is 0 Å². The van der Waals surface area contributed by atoms with Crippen LogP contribution in [0.4, 0.5) is 15.8 Å². The molecule has 2 N–H and O–H groups in total. The highest BCUT2D eigenvalue weighted by Crippen LogP contribution is 2.22. The van der Waals surface area contributed by atoms with Crippen LogP contribution in [0.5, 0.6) is 0 Å². The molecule has 10 heteroatoms. The topological polar surface area (TPSA) is 121 Å². The van der Waals surface area contributed by atoms with Crippen molar-refractivity contribution in [3.05, 3.63) is 109 Å². The van der Waals surface area contributed by atoms with Crippen molar-refractivity contribution in [3.8, 4) is 12.3 Å². The minimum atomic E-state index is -0.510. The number of nitro groups is 1. The molecule has 0 atom stereocenters. The second-order valence-corrected chi connectivity index (χ2v) is 8.33. The molecule has 3 aromatic carbocycles. The number of rotatable bonds is 8. The number of terminal acetylenes is 1. The molecule has 0 spiro atoms. The average molecular weight is 500 g/mol. The maximum absolute atomic E-state index is 14.8. The molecular weight excluding hydrogens is 477 g/mol.